The van der Waals surface area contributed by atoms with E-state index in [4.69, 9.17) is 4.52 Å². The molecule has 2 aliphatic rings. The van der Waals surface area contributed by atoms with E-state index in [9.17, 15) is 13.2 Å². The summed E-state index contributed by atoms with van der Waals surface area (Å²) < 4.78 is 32.6. The highest BCUT2D eigenvalue weighted by molar-refractivity contribution is 7.86. The summed E-state index contributed by atoms with van der Waals surface area (Å²) >= 11 is 0. The Labute approximate surface area is 163 Å². The Morgan fingerprint density at radius 1 is 1.29 bits per heavy atom. The van der Waals surface area contributed by atoms with Crippen molar-refractivity contribution in [3.05, 3.63) is 33.6 Å². The van der Waals surface area contributed by atoms with Crippen molar-refractivity contribution in [3.63, 3.8) is 0 Å². The lowest BCUT2D eigenvalue weighted by Gasteiger charge is -2.31. The van der Waals surface area contributed by atoms with Gasteiger partial charge in [0.25, 0.3) is 15.8 Å². The minimum absolute atomic E-state index is 0.0202. The molecule has 0 bridgehead atoms. The predicted molar refractivity (Wildman–Crippen MR) is 102 cm³/mol. The predicted octanol–water partition coefficient (Wildman–Crippen LogP) is 0.0564. The van der Waals surface area contributed by atoms with Gasteiger partial charge in [0.1, 0.15) is 0 Å². The van der Waals surface area contributed by atoms with Crippen LogP contribution in [0.3, 0.4) is 0 Å². The summed E-state index contributed by atoms with van der Waals surface area (Å²) in [6.45, 7) is 2.33. The van der Waals surface area contributed by atoms with Gasteiger partial charge in [-0.2, -0.15) is 22.0 Å². The Hall–Kier alpha value is -2.08. The summed E-state index contributed by atoms with van der Waals surface area (Å²) in [4.78, 5) is 19.8. The van der Waals surface area contributed by atoms with Crippen molar-refractivity contribution in [1.82, 2.24) is 29.1 Å². The summed E-state index contributed by atoms with van der Waals surface area (Å²) in [5.74, 6) is 0.702. The van der Waals surface area contributed by atoms with Crippen LogP contribution < -0.4 is 10.9 Å². The molecule has 152 valence electrons. The standard InChI is InChI=1S/C17H24N6O4S/c1-22(2)28(25,26)23-7-4-11(5-8-23)17-20-15(21-27-17)13-9-12-10-18-6-3-14(12)19-16(13)24/h9,11,18H,3-8,10H2,1-2H3,(H,19,24). The number of hydrogen-bond donors (Lipinski definition) is 2. The average Bonchev–Trinajstić information content (AvgIpc) is 3.17. The number of H-pyrrole nitrogens is 1. The lowest BCUT2D eigenvalue weighted by Crippen LogP contribution is -2.44. The highest BCUT2D eigenvalue weighted by atomic mass is 32.2. The first kappa shape index (κ1) is 19.2. The SMILES string of the molecule is CN(C)S(=O)(=O)N1CCC(c2nc(-c3cc4c([nH]c3=O)CCNC4)no2)CC1. The Kier molecular flexibility index (Phi) is 5.08. The van der Waals surface area contributed by atoms with E-state index in [2.05, 4.69) is 20.4 Å². The first-order valence-corrected chi connectivity index (χ1v) is 10.7. The molecular formula is C17H24N6O4S. The fourth-order valence-electron chi connectivity index (χ4n) is 3.67. The third-order valence-corrected chi connectivity index (χ3v) is 7.30. The number of rotatable bonds is 4. The van der Waals surface area contributed by atoms with E-state index in [0.29, 0.717) is 43.9 Å². The average molecular weight is 408 g/mol. The summed E-state index contributed by atoms with van der Waals surface area (Å²) in [6.07, 6.45) is 1.98. The van der Waals surface area contributed by atoms with Crippen LogP contribution in [0.2, 0.25) is 0 Å². The van der Waals surface area contributed by atoms with Crippen LogP contribution in [-0.4, -0.2) is 65.9 Å². The fourth-order valence-corrected chi connectivity index (χ4v) is 4.80. The monoisotopic (exact) mass is 408 g/mol. The van der Waals surface area contributed by atoms with Gasteiger partial charge in [-0.1, -0.05) is 5.16 Å². The van der Waals surface area contributed by atoms with Crippen molar-refractivity contribution >= 4 is 10.2 Å². The minimum atomic E-state index is -3.41. The van der Waals surface area contributed by atoms with E-state index in [1.807, 2.05) is 6.07 Å². The molecule has 28 heavy (non-hydrogen) atoms. The summed E-state index contributed by atoms with van der Waals surface area (Å²) in [5, 5.41) is 7.28. The Balaban J connectivity index is 1.51. The van der Waals surface area contributed by atoms with Crippen LogP contribution in [0, 0.1) is 0 Å². The molecule has 0 aliphatic carbocycles. The Morgan fingerprint density at radius 2 is 2.04 bits per heavy atom. The molecule has 0 spiro atoms. The number of fused-ring (bicyclic) bond motifs is 1. The number of pyridine rings is 1. The summed E-state index contributed by atoms with van der Waals surface area (Å²) in [7, 11) is -0.359. The molecule has 1 fully saturated rings. The maximum atomic E-state index is 12.4. The van der Waals surface area contributed by atoms with Crippen molar-refractivity contribution in [2.75, 3.05) is 33.7 Å². The molecule has 0 unspecified atom stereocenters. The molecular weight excluding hydrogens is 384 g/mol. The van der Waals surface area contributed by atoms with Gasteiger partial charge in [0.2, 0.25) is 11.7 Å². The highest BCUT2D eigenvalue weighted by Crippen LogP contribution is 2.29. The van der Waals surface area contributed by atoms with E-state index in [-0.39, 0.29) is 17.3 Å². The van der Waals surface area contributed by atoms with Gasteiger partial charge in [-0.05, 0) is 24.5 Å². The zero-order chi connectivity index (χ0) is 19.9. The quantitative estimate of drug-likeness (QED) is 0.733. The maximum Gasteiger partial charge on any atom is 0.281 e. The topological polar surface area (TPSA) is 124 Å². The fraction of sp³-hybridized carbons (Fsp3) is 0.588. The van der Waals surface area contributed by atoms with E-state index in [1.165, 1.54) is 22.7 Å². The van der Waals surface area contributed by atoms with Gasteiger partial charge in [-0.15, -0.1) is 0 Å². The van der Waals surface area contributed by atoms with Gasteiger partial charge in [0, 0.05) is 58.3 Å². The van der Waals surface area contributed by atoms with E-state index in [0.717, 1.165) is 24.2 Å². The normalized spacial score (nSPS) is 19.1. The number of nitrogens with one attached hydrogen (secondary N) is 2. The van der Waals surface area contributed by atoms with Crippen LogP contribution in [0.15, 0.2) is 15.4 Å². The smallest absolute Gasteiger partial charge is 0.281 e. The largest absolute Gasteiger partial charge is 0.339 e. The van der Waals surface area contributed by atoms with Crippen molar-refractivity contribution < 1.29 is 12.9 Å². The molecule has 11 heteroatoms. The molecule has 0 atom stereocenters. The van der Waals surface area contributed by atoms with Gasteiger partial charge in [0.15, 0.2) is 0 Å². The van der Waals surface area contributed by atoms with Crippen molar-refractivity contribution in [2.24, 2.45) is 0 Å². The van der Waals surface area contributed by atoms with Crippen LogP contribution >= 0.6 is 0 Å². The molecule has 2 aromatic rings. The van der Waals surface area contributed by atoms with Crippen LogP contribution in [0.25, 0.3) is 11.4 Å². The Morgan fingerprint density at radius 3 is 2.75 bits per heavy atom. The first-order valence-electron chi connectivity index (χ1n) is 9.33. The molecule has 4 rings (SSSR count). The minimum Gasteiger partial charge on any atom is -0.339 e. The zero-order valence-corrected chi connectivity index (χ0v) is 16.8. The summed E-state index contributed by atoms with van der Waals surface area (Å²) in [6, 6.07) is 1.82. The van der Waals surface area contributed by atoms with Crippen LogP contribution in [-0.2, 0) is 23.2 Å². The molecule has 1 saturated heterocycles. The molecule has 2 aliphatic heterocycles. The van der Waals surface area contributed by atoms with Crippen LogP contribution in [0.5, 0.6) is 0 Å². The van der Waals surface area contributed by atoms with Crippen LogP contribution in [0.1, 0.15) is 35.9 Å². The van der Waals surface area contributed by atoms with Gasteiger partial charge in [0.05, 0.1) is 5.56 Å². The molecule has 2 aromatic heterocycles. The second-order valence-corrected chi connectivity index (χ2v) is 9.50. The Bertz CT molecular complexity index is 1020. The summed E-state index contributed by atoms with van der Waals surface area (Å²) in [5.41, 5.74) is 2.16. The molecule has 0 aromatic carbocycles. The van der Waals surface area contributed by atoms with Crippen molar-refractivity contribution in [1.29, 1.82) is 0 Å². The molecule has 0 radical (unpaired) electrons. The molecule has 0 saturated carbocycles. The van der Waals surface area contributed by atoms with Crippen molar-refractivity contribution in [3.8, 4) is 11.4 Å². The molecule has 10 nitrogen and oxygen atoms in total. The molecule has 0 amide bonds. The molecule has 2 N–H and O–H groups in total. The van der Waals surface area contributed by atoms with Gasteiger partial charge in [-0.25, -0.2) is 0 Å². The van der Waals surface area contributed by atoms with Crippen molar-refractivity contribution in [2.45, 2.75) is 31.7 Å². The van der Waals surface area contributed by atoms with E-state index >= 15 is 0 Å². The number of aromatic amines is 1. The number of nitrogens with zero attached hydrogens (tertiary/aromatic N) is 4. The number of piperidine rings is 1. The number of hydrogen-bond acceptors (Lipinski definition) is 7. The maximum absolute atomic E-state index is 12.4. The highest BCUT2D eigenvalue weighted by Gasteiger charge is 2.32. The van der Waals surface area contributed by atoms with Gasteiger partial charge < -0.3 is 14.8 Å². The zero-order valence-electron chi connectivity index (χ0n) is 15.9. The lowest BCUT2D eigenvalue weighted by molar-refractivity contribution is 0.262. The third-order valence-electron chi connectivity index (χ3n) is 5.36. The van der Waals surface area contributed by atoms with Crippen LogP contribution in [0.4, 0.5) is 0 Å². The second kappa shape index (κ2) is 7.39. The third kappa shape index (κ3) is 3.50. The van der Waals surface area contributed by atoms with E-state index < -0.39 is 10.2 Å². The first-order chi connectivity index (χ1) is 13.4. The molecule has 4 heterocycles. The lowest BCUT2D eigenvalue weighted by atomic mass is 9.98. The van der Waals surface area contributed by atoms with E-state index in [1.54, 1.807) is 0 Å². The number of aromatic nitrogens is 3. The van der Waals surface area contributed by atoms with Gasteiger partial charge in [-0.3, -0.25) is 4.79 Å². The van der Waals surface area contributed by atoms with Gasteiger partial charge >= 0.3 is 0 Å². The second-order valence-electron chi connectivity index (χ2n) is 7.36.